The first-order chi connectivity index (χ1) is 24.4. The van der Waals surface area contributed by atoms with Crippen molar-refractivity contribution in [2.75, 3.05) is 0 Å². The fourth-order valence-electron chi connectivity index (χ4n) is 7.11. The van der Waals surface area contributed by atoms with E-state index in [9.17, 15) is 0 Å². The largest absolute Gasteiger partial charge is 0.455 e. The highest BCUT2D eigenvalue weighted by Crippen LogP contribution is 2.41. The normalized spacial score (nSPS) is 11.9. The molecule has 0 unspecified atom stereocenters. The molecule has 0 saturated heterocycles. The summed E-state index contributed by atoms with van der Waals surface area (Å²) >= 11 is 0. The van der Waals surface area contributed by atoms with Crippen molar-refractivity contribution in [1.29, 1.82) is 0 Å². The molecule has 9 aromatic rings. The highest BCUT2D eigenvalue weighted by molar-refractivity contribution is 6.10. The molecule has 3 heterocycles. The van der Waals surface area contributed by atoms with Crippen molar-refractivity contribution < 1.29 is 4.42 Å². The summed E-state index contributed by atoms with van der Waals surface area (Å²) < 4.78 is 9.04. The standard InChI is InChI=1S/C46H35N3O/c1-46(2,3)40-27-28-47-44-42(40)49(36-24-21-33(22-25-36)31-13-8-5-9-14-31)45(48-44)39-16-10-15-38-37-26-23-35(29-41(37)50-43(38)39)34-19-17-32(18-20-34)30-11-6-4-7-12-30/h4-29H,1-3H3. The van der Waals surface area contributed by atoms with Crippen LogP contribution in [0.2, 0.25) is 0 Å². The molecule has 0 atom stereocenters. The molecular formula is C46H35N3O. The number of fused-ring (bicyclic) bond motifs is 4. The van der Waals surface area contributed by atoms with Crippen LogP contribution in [-0.4, -0.2) is 14.5 Å². The van der Waals surface area contributed by atoms with Crippen LogP contribution in [-0.2, 0) is 5.41 Å². The van der Waals surface area contributed by atoms with Crippen LogP contribution in [0.5, 0.6) is 0 Å². The molecule has 0 N–H and O–H groups in total. The number of benzene rings is 6. The second kappa shape index (κ2) is 11.7. The number of imidazole rings is 1. The van der Waals surface area contributed by atoms with Crippen LogP contribution in [0.25, 0.3) is 83.6 Å². The smallest absolute Gasteiger partial charge is 0.178 e. The van der Waals surface area contributed by atoms with E-state index < -0.39 is 0 Å². The summed E-state index contributed by atoms with van der Waals surface area (Å²) in [6.45, 7) is 6.72. The van der Waals surface area contributed by atoms with Gasteiger partial charge in [0, 0.05) is 22.7 Å². The van der Waals surface area contributed by atoms with E-state index in [0.29, 0.717) is 5.65 Å². The van der Waals surface area contributed by atoms with Gasteiger partial charge in [0.1, 0.15) is 11.2 Å². The van der Waals surface area contributed by atoms with E-state index in [2.05, 4.69) is 165 Å². The number of hydrogen-bond donors (Lipinski definition) is 0. The fraction of sp³-hybridized carbons (Fsp3) is 0.0870. The molecule has 4 nitrogen and oxygen atoms in total. The Morgan fingerprint density at radius 3 is 1.76 bits per heavy atom. The van der Waals surface area contributed by atoms with Gasteiger partial charge in [-0.15, -0.1) is 0 Å². The number of hydrogen-bond acceptors (Lipinski definition) is 3. The van der Waals surface area contributed by atoms with Crippen molar-refractivity contribution in [2.45, 2.75) is 26.2 Å². The predicted molar refractivity (Wildman–Crippen MR) is 207 cm³/mol. The summed E-state index contributed by atoms with van der Waals surface area (Å²) in [5, 5.41) is 2.14. The zero-order valence-corrected chi connectivity index (χ0v) is 28.3. The quantitative estimate of drug-likeness (QED) is 0.187. The molecule has 0 aliphatic carbocycles. The van der Waals surface area contributed by atoms with Gasteiger partial charge in [0.25, 0.3) is 0 Å². The van der Waals surface area contributed by atoms with Crippen LogP contribution >= 0.6 is 0 Å². The third-order valence-corrected chi connectivity index (χ3v) is 9.66. The molecule has 0 spiro atoms. The van der Waals surface area contributed by atoms with Crippen molar-refractivity contribution in [3.05, 3.63) is 163 Å². The summed E-state index contributed by atoms with van der Waals surface area (Å²) in [7, 11) is 0. The molecule has 50 heavy (non-hydrogen) atoms. The van der Waals surface area contributed by atoms with Gasteiger partial charge < -0.3 is 4.42 Å². The first kappa shape index (κ1) is 29.8. The lowest BCUT2D eigenvalue weighted by Crippen LogP contribution is -2.13. The van der Waals surface area contributed by atoms with Gasteiger partial charge in [-0.2, -0.15) is 0 Å². The molecule has 0 fully saturated rings. The Balaban J connectivity index is 1.20. The number of pyridine rings is 1. The summed E-state index contributed by atoms with van der Waals surface area (Å²) in [6.07, 6.45) is 1.87. The van der Waals surface area contributed by atoms with Gasteiger partial charge in [-0.3, -0.25) is 4.57 Å². The molecule has 0 aliphatic heterocycles. The van der Waals surface area contributed by atoms with Gasteiger partial charge in [0.2, 0.25) is 0 Å². The molecule has 240 valence electrons. The molecular weight excluding hydrogens is 611 g/mol. The monoisotopic (exact) mass is 645 g/mol. The van der Waals surface area contributed by atoms with Gasteiger partial charge in [-0.1, -0.05) is 136 Å². The summed E-state index contributed by atoms with van der Waals surface area (Å²) in [6, 6.07) is 53.4. The van der Waals surface area contributed by atoms with E-state index in [1.807, 2.05) is 18.3 Å². The predicted octanol–water partition coefficient (Wildman–Crippen LogP) is 12.3. The molecule has 0 aliphatic rings. The maximum absolute atomic E-state index is 6.78. The van der Waals surface area contributed by atoms with Crippen molar-refractivity contribution in [2.24, 2.45) is 0 Å². The van der Waals surface area contributed by atoms with Gasteiger partial charge in [0.15, 0.2) is 11.5 Å². The maximum Gasteiger partial charge on any atom is 0.178 e. The Morgan fingerprint density at radius 2 is 1.12 bits per heavy atom. The highest BCUT2D eigenvalue weighted by Gasteiger charge is 2.26. The molecule has 0 saturated carbocycles. The van der Waals surface area contributed by atoms with E-state index in [1.54, 1.807) is 0 Å². The molecule has 9 rings (SSSR count). The number of para-hydroxylation sites is 1. The molecule has 6 aromatic carbocycles. The topological polar surface area (TPSA) is 43.9 Å². The Hall–Kier alpha value is -6.26. The van der Waals surface area contributed by atoms with Crippen LogP contribution in [0.1, 0.15) is 26.3 Å². The fourth-order valence-corrected chi connectivity index (χ4v) is 7.11. The number of rotatable bonds is 5. The number of aromatic nitrogens is 3. The summed E-state index contributed by atoms with van der Waals surface area (Å²) in [4.78, 5) is 10.0. The van der Waals surface area contributed by atoms with Crippen molar-refractivity contribution in [1.82, 2.24) is 14.5 Å². The molecule has 3 aromatic heterocycles. The zero-order valence-electron chi connectivity index (χ0n) is 28.3. The van der Waals surface area contributed by atoms with Gasteiger partial charge in [0.05, 0.1) is 11.1 Å². The molecule has 0 amide bonds. The summed E-state index contributed by atoms with van der Waals surface area (Å²) in [5.74, 6) is 0.804. The Labute approximate surface area is 291 Å². The molecule has 0 radical (unpaired) electrons. The highest BCUT2D eigenvalue weighted by atomic mass is 16.3. The first-order valence-corrected chi connectivity index (χ1v) is 17.1. The van der Waals surface area contributed by atoms with Crippen molar-refractivity contribution in [3.63, 3.8) is 0 Å². The van der Waals surface area contributed by atoms with Crippen LogP contribution in [0.4, 0.5) is 0 Å². The van der Waals surface area contributed by atoms with Gasteiger partial charge >= 0.3 is 0 Å². The van der Waals surface area contributed by atoms with E-state index in [1.165, 1.54) is 27.8 Å². The Kier molecular flexibility index (Phi) is 6.99. The third-order valence-electron chi connectivity index (χ3n) is 9.66. The molecule has 0 bridgehead atoms. The van der Waals surface area contributed by atoms with E-state index in [0.717, 1.165) is 55.7 Å². The van der Waals surface area contributed by atoms with Crippen LogP contribution in [0, 0.1) is 0 Å². The molecule has 4 heteroatoms. The lowest BCUT2D eigenvalue weighted by molar-refractivity contribution is 0.593. The Bertz CT molecular complexity index is 2640. The maximum atomic E-state index is 6.78. The minimum Gasteiger partial charge on any atom is -0.455 e. The second-order valence-corrected chi connectivity index (χ2v) is 13.9. The van der Waals surface area contributed by atoms with Crippen LogP contribution in [0.3, 0.4) is 0 Å². The number of furan rings is 1. The van der Waals surface area contributed by atoms with E-state index in [4.69, 9.17) is 14.4 Å². The van der Waals surface area contributed by atoms with Gasteiger partial charge in [-0.05, 0) is 80.8 Å². The summed E-state index contributed by atoms with van der Waals surface area (Å²) in [5.41, 5.74) is 13.4. The average molecular weight is 646 g/mol. The van der Waals surface area contributed by atoms with Gasteiger partial charge in [-0.25, -0.2) is 9.97 Å². The minimum atomic E-state index is -0.124. The lowest BCUT2D eigenvalue weighted by Gasteiger charge is -2.21. The number of nitrogens with zero attached hydrogens (tertiary/aromatic N) is 3. The van der Waals surface area contributed by atoms with E-state index in [-0.39, 0.29) is 5.41 Å². The van der Waals surface area contributed by atoms with Crippen molar-refractivity contribution >= 4 is 33.1 Å². The SMILES string of the molecule is CC(C)(C)c1ccnc2nc(-c3cccc4c3oc3cc(-c5ccc(-c6ccccc6)cc5)ccc34)n(-c3ccc(-c4ccccc4)cc3)c12. The van der Waals surface area contributed by atoms with E-state index >= 15 is 0 Å². The zero-order chi connectivity index (χ0) is 33.8. The second-order valence-electron chi connectivity index (χ2n) is 13.9. The minimum absolute atomic E-state index is 0.124. The Morgan fingerprint density at radius 1 is 0.540 bits per heavy atom. The van der Waals surface area contributed by atoms with Crippen LogP contribution in [0.15, 0.2) is 162 Å². The van der Waals surface area contributed by atoms with Crippen molar-refractivity contribution in [3.8, 4) is 50.5 Å². The third kappa shape index (κ3) is 5.08. The van der Waals surface area contributed by atoms with Crippen LogP contribution < -0.4 is 0 Å². The first-order valence-electron chi connectivity index (χ1n) is 17.1. The lowest BCUT2D eigenvalue weighted by atomic mass is 9.87. The average Bonchev–Trinajstić information content (AvgIpc) is 3.74.